The van der Waals surface area contributed by atoms with Gasteiger partial charge in [-0.2, -0.15) is 0 Å². The first kappa shape index (κ1) is 13.2. The van der Waals surface area contributed by atoms with E-state index in [9.17, 15) is 9.18 Å². The van der Waals surface area contributed by atoms with Crippen LogP contribution >= 0.6 is 0 Å². The normalized spacial score (nSPS) is 16.0. The van der Waals surface area contributed by atoms with Crippen LogP contribution in [0.5, 0.6) is 0 Å². The number of halogens is 1. The van der Waals surface area contributed by atoms with Gasteiger partial charge >= 0.3 is 0 Å². The average molecular weight is 281 g/mol. The number of nitrogens with zero attached hydrogens (tertiary/aromatic N) is 2. The van der Waals surface area contributed by atoms with Crippen molar-refractivity contribution in [1.82, 2.24) is 10.3 Å². The van der Waals surface area contributed by atoms with Crippen molar-refractivity contribution in [2.24, 2.45) is 4.99 Å². The number of hydrogen-bond donors (Lipinski definition) is 1. The summed E-state index contributed by atoms with van der Waals surface area (Å²) in [5.74, 6) is 0.0465. The van der Waals surface area contributed by atoms with Crippen LogP contribution < -0.4 is 5.32 Å². The molecule has 3 rings (SSSR count). The zero-order valence-corrected chi connectivity index (χ0v) is 11.1. The van der Waals surface area contributed by atoms with Crippen molar-refractivity contribution in [2.45, 2.75) is 6.42 Å². The summed E-state index contributed by atoms with van der Waals surface area (Å²) in [6.07, 6.45) is 5.47. The number of aromatic nitrogens is 1. The highest BCUT2D eigenvalue weighted by Gasteiger charge is 2.19. The van der Waals surface area contributed by atoms with Gasteiger partial charge in [0.1, 0.15) is 17.3 Å². The summed E-state index contributed by atoms with van der Waals surface area (Å²) in [5, 5.41) is 2.72. The fourth-order valence-electron chi connectivity index (χ4n) is 2.01. The number of carbonyl (C=O) groups is 1. The van der Waals surface area contributed by atoms with Crippen LogP contribution in [0.1, 0.15) is 11.1 Å². The molecule has 2 heterocycles. The summed E-state index contributed by atoms with van der Waals surface area (Å²) in [7, 11) is 0. The number of nitrogens with one attached hydrogen (secondary N) is 1. The smallest absolute Gasteiger partial charge is 0.275 e. The predicted molar refractivity (Wildman–Crippen MR) is 77.9 cm³/mol. The highest BCUT2D eigenvalue weighted by molar-refractivity contribution is 6.14. The third kappa shape index (κ3) is 3.20. The van der Waals surface area contributed by atoms with Gasteiger partial charge in [-0.05, 0) is 41.5 Å². The number of hydrogen-bond acceptors (Lipinski definition) is 3. The number of aliphatic imine (C=N–C) groups is 1. The topological polar surface area (TPSA) is 54.4 Å². The zero-order valence-electron chi connectivity index (χ0n) is 11.1. The van der Waals surface area contributed by atoms with E-state index in [1.54, 1.807) is 42.7 Å². The molecule has 0 atom stereocenters. The number of rotatable bonds is 3. The third-order valence-corrected chi connectivity index (χ3v) is 3.04. The Kier molecular flexibility index (Phi) is 3.55. The lowest BCUT2D eigenvalue weighted by Gasteiger charge is -2.00. The standard InChI is InChI=1S/C16H12FN3O/c17-13-3-1-11(2-4-13)10-15-19-14(16(21)20-15)9-12-5-7-18-8-6-12/h1-9H,10H2,(H,19,20,21)/b14-9+. The summed E-state index contributed by atoms with van der Waals surface area (Å²) < 4.78 is 12.9. The van der Waals surface area contributed by atoms with Crippen molar-refractivity contribution >= 4 is 17.8 Å². The van der Waals surface area contributed by atoms with Crippen molar-refractivity contribution in [1.29, 1.82) is 0 Å². The van der Waals surface area contributed by atoms with Crippen LogP contribution in [-0.2, 0) is 11.2 Å². The molecule has 0 spiro atoms. The Morgan fingerprint density at radius 3 is 2.52 bits per heavy atom. The van der Waals surface area contributed by atoms with E-state index in [0.717, 1.165) is 11.1 Å². The fourth-order valence-corrected chi connectivity index (χ4v) is 2.01. The van der Waals surface area contributed by atoms with E-state index in [1.165, 1.54) is 12.1 Å². The Balaban J connectivity index is 1.79. The quantitative estimate of drug-likeness (QED) is 0.878. The first-order valence-electron chi connectivity index (χ1n) is 6.46. The Hall–Kier alpha value is -2.82. The molecule has 0 saturated carbocycles. The monoisotopic (exact) mass is 281 g/mol. The van der Waals surface area contributed by atoms with Gasteiger partial charge in [-0.1, -0.05) is 12.1 Å². The number of amidine groups is 1. The summed E-state index contributed by atoms with van der Waals surface area (Å²) >= 11 is 0. The predicted octanol–water partition coefficient (Wildman–Crippen LogP) is 2.33. The number of amides is 1. The van der Waals surface area contributed by atoms with Crippen LogP contribution in [-0.4, -0.2) is 16.7 Å². The van der Waals surface area contributed by atoms with Gasteiger partial charge in [0.25, 0.3) is 5.91 Å². The maximum Gasteiger partial charge on any atom is 0.275 e. The lowest BCUT2D eigenvalue weighted by Crippen LogP contribution is -2.25. The van der Waals surface area contributed by atoms with Gasteiger partial charge in [-0.25, -0.2) is 9.38 Å². The van der Waals surface area contributed by atoms with Crippen LogP contribution in [0.3, 0.4) is 0 Å². The van der Waals surface area contributed by atoms with Crippen LogP contribution in [0, 0.1) is 5.82 Å². The molecule has 0 aliphatic carbocycles. The van der Waals surface area contributed by atoms with E-state index >= 15 is 0 Å². The molecule has 0 radical (unpaired) electrons. The minimum atomic E-state index is -0.283. The Labute approximate surface area is 121 Å². The maximum absolute atomic E-state index is 12.9. The first-order valence-corrected chi connectivity index (χ1v) is 6.46. The van der Waals surface area contributed by atoms with E-state index in [0.29, 0.717) is 18.0 Å². The average Bonchev–Trinajstić information content (AvgIpc) is 2.82. The molecule has 1 amide bonds. The maximum atomic E-state index is 12.9. The summed E-state index contributed by atoms with van der Waals surface area (Å²) in [5.41, 5.74) is 2.11. The molecule has 0 fully saturated rings. The molecule has 0 bridgehead atoms. The largest absolute Gasteiger partial charge is 0.308 e. The molecule has 1 aliphatic rings. The molecular weight excluding hydrogens is 269 g/mol. The van der Waals surface area contributed by atoms with Gasteiger partial charge in [0, 0.05) is 18.8 Å². The molecule has 5 heteroatoms. The highest BCUT2D eigenvalue weighted by atomic mass is 19.1. The molecule has 4 nitrogen and oxygen atoms in total. The Morgan fingerprint density at radius 1 is 1.10 bits per heavy atom. The van der Waals surface area contributed by atoms with Crippen molar-refractivity contribution in [3.05, 3.63) is 71.4 Å². The number of pyridine rings is 1. The molecule has 1 aromatic heterocycles. The van der Waals surface area contributed by atoms with Crippen molar-refractivity contribution < 1.29 is 9.18 Å². The Morgan fingerprint density at radius 2 is 1.81 bits per heavy atom. The second-order valence-corrected chi connectivity index (χ2v) is 4.63. The molecule has 1 N–H and O–H groups in total. The highest BCUT2D eigenvalue weighted by Crippen LogP contribution is 2.13. The van der Waals surface area contributed by atoms with Gasteiger partial charge in [-0.3, -0.25) is 9.78 Å². The molecule has 104 valence electrons. The van der Waals surface area contributed by atoms with E-state index in [1.807, 2.05) is 0 Å². The zero-order chi connectivity index (χ0) is 14.7. The van der Waals surface area contributed by atoms with E-state index < -0.39 is 0 Å². The Bertz CT molecular complexity index is 721. The van der Waals surface area contributed by atoms with Crippen molar-refractivity contribution in [2.75, 3.05) is 0 Å². The van der Waals surface area contributed by atoms with Crippen molar-refractivity contribution in [3.63, 3.8) is 0 Å². The fraction of sp³-hybridized carbons (Fsp3) is 0.0625. The number of carbonyl (C=O) groups excluding carboxylic acids is 1. The van der Waals surface area contributed by atoms with Crippen LogP contribution in [0.15, 0.2) is 59.5 Å². The third-order valence-electron chi connectivity index (χ3n) is 3.04. The van der Waals surface area contributed by atoms with Gasteiger partial charge in [0.2, 0.25) is 0 Å². The first-order chi connectivity index (χ1) is 10.2. The minimum Gasteiger partial charge on any atom is -0.308 e. The SMILES string of the molecule is O=C1NC(Cc2ccc(F)cc2)=N/C1=C/c1ccncc1. The summed E-state index contributed by atoms with van der Waals surface area (Å²) in [4.78, 5) is 20.1. The lowest BCUT2D eigenvalue weighted by molar-refractivity contribution is -0.115. The van der Waals surface area contributed by atoms with Crippen LogP contribution in [0.2, 0.25) is 0 Å². The molecule has 1 aromatic carbocycles. The van der Waals surface area contributed by atoms with Gasteiger partial charge < -0.3 is 5.32 Å². The van der Waals surface area contributed by atoms with Gasteiger partial charge in [-0.15, -0.1) is 0 Å². The van der Waals surface area contributed by atoms with E-state index in [2.05, 4.69) is 15.3 Å². The molecule has 0 saturated heterocycles. The van der Waals surface area contributed by atoms with Gasteiger partial charge in [0.05, 0.1) is 0 Å². The molecule has 21 heavy (non-hydrogen) atoms. The van der Waals surface area contributed by atoms with Crippen LogP contribution in [0.4, 0.5) is 4.39 Å². The molecule has 0 unspecified atom stereocenters. The van der Waals surface area contributed by atoms with E-state index in [-0.39, 0.29) is 11.7 Å². The molecular formula is C16H12FN3O. The summed E-state index contributed by atoms with van der Waals surface area (Å²) in [6.45, 7) is 0. The second kappa shape index (κ2) is 5.66. The lowest BCUT2D eigenvalue weighted by atomic mass is 10.1. The minimum absolute atomic E-state index is 0.232. The second-order valence-electron chi connectivity index (χ2n) is 4.63. The molecule has 1 aliphatic heterocycles. The van der Waals surface area contributed by atoms with Crippen molar-refractivity contribution in [3.8, 4) is 0 Å². The number of benzene rings is 1. The van der Waals surface area contributed by atoms with Crippen LogP contribution in [0.25, 0.3) is 6.08 Å². The van der Waals surface area contributed by atoms with E-state index in [4.69, 9.17) is 0 Å². The summed E-state index contributed by atoms with van der Waals surface area (Å²) in [6, 6.07) is 9.73. The van der Waals surface area contributed by atoms with Gasteiger partial charge in [0.15, 0.2) is 0 Å². The molecule has 2 aromatic rings.